The molecule has 0 radical (unpaired) electrons. The average molecular weight is 362 g/mol. The molecule has 27 heavy (non-hydrogen) atoms. The van der Waals surface area contributed by atoms with Crippen LogP contribution in [0.5, 0.6) is 5.75 Å². The van der Waals surface area contributed by atoms with E-state index in [-0.39, 0.29) is 0 Å². The van der Waals surface area contributed by atoms with Crippen molar-refractivity contribution < 1.29 is 9.26 Å². The molecule has 0 aliphatic heterocycles. The first kappa shape index (κ1) is 15.9. The highest BCUT2D eigenvalue weighted by molar-refractivity contribution is 5.80. The lowest BCUT2D eigenvalue weighted by atomic mass is 10.2. The van der Waals surface area contributed by atoms with Gasteiger partial charge < -0.3 is 9.26 Å². The van der Waals surface area contributed by atoms with Crippen LogP contribution >= 0.6 is 0 Å². The van der Waals surface area contributed by atoms with Gasteiger partial charge in [-0.1, -0.05) is 23.2 Å². The summed E-state index contributed by atoms with van der Waals surface area (Å²) in [5.41, 5.74) is 3.21. The van der Waals surface area contributed by atoms with Gasteiger partial charge in [-0.2, -0.15) is 4.98 Å². The Morgan fingerprint density at radius 1 is 1.19 bits per heavy atom. The predicted octanol–water partition coefficient (Wildman–Crippen LogP) is 3.67. The topological polar surface area (TPSA) is 91.8 Å². The molecule has 1 aliphatic rings. The van der Waals surface area contributed by atoms with Gasteiger partial charge in [0.25, 0.3) is 5.89 Å². The molecule has 3 heterocycles. The first-order valence-corrected chi connectivity index (χ1v) is 9.02. The monoisotopic (exact) mass is 362 g/mol. The number of hydrogen-bond donors (Lipinski definition) is 0. The Labute approximate surface area is 155 Å². The van der Waals surface area contributed by atoms with Crippen LogP contribution in [0, 0.1) is 0 Å². The summed E-state index contributed by atoms with van der Waals surface area (Å²) >= 11 is 0. The van der Waals surface area contributed by atoms with Crippen LogP contribution in [0.2, 0.25) is 0 Å². The van der Waals surface area contributed by atoms with Gasteiger partial charge in [0.2, 0.25) is 5.82 Å². The number of fused-ring (bicyclic) bond motifs is 1. The Balaban J connectivity index is 1.50. The zero-order chi connectivity index (χ0) is 18.2. The molecule has 0 unspecified atom stereocenters. The van der Waals surface area contributed by atoms with E-state index >= 15 is 0 Å². The number of nitrogens with zero attached hydrogens (tertiary/aromatic N) is 6. The van der Waals surface area contributed by atoms with Crippen LogP contribution in [0.25, 0.3) is 34.0 Å². The van der Waals surface area contributed by atoms with Crippen LogP contribution in [0.1, 0.15) is 31.7 Å². The normalized spacial score (nSPS) is 14.9. The summed E-state index contributed by atoms with van der Waals surface area (Å²) in [4.78, 5) is 8.76. The molecule has 1 saturated carbocycles. The van der Waals surface area contributed by atoms with Crippen molar-refractivity contribution in [3.05, 3.63) is 36.5 Å². The summed E-state index contributed by atoms with van der Waals surface area (Å²) in [5, 5.41) is 12.7. The molecule has 0 N–H and O–H groups in total. The zero-order valence-electron chi connectivity index (χ0n) is 14.9. The fourth-order valence-corrected chi connectivity index (χ4v) is 3.65. The number of hydrogen-bond acceptors (Lipinski definition) is 7. The van der Waals surface area contributed by atoms with Gasteiger partial charge in [0.05, 0.1) is 18.7 Å². The van der Waals surface area contributed by atoms with Crippen molar-refractivity contribution >= 4 is 11.0 Å². The summed E-state index contributed by atoms with van der Waals surface area (Å²) < 4.78 is 12.8. The maximum atomic E-state index is 5.45. The Morgan fingerprint density at radius 3 is 2.93 bits per heavy atom. The van der Waals surface area contributed by atoms with Gasteiger partial charge in [-0.25, -0.2) is 9.67 Å². The number of ether oxygens (including phenoxy) is 1. The van der Waals surface area contributed by atoms with Gasteiger partial charge >= 0.3 is 0 Å². The fraction of sp³-hybridized carbons (Fsp3) is 0.316. The molecule has 3 aromatic heterocycles. The molecule has 0 bridgehead atoms. The van der Waals surface area contributed by atoms with E-state index < -0.39 is 0 Å². The predicted molar refractivity (Wildman–Crippen MR) is 98.1 cm³/mol. The largest absolute Gasteiger partial charge is 0.494 e. The third-order valence-electron chi connectivity index (χ3n) is 5.02. The van der Waals surface area contributed by atoms with E-state index in [1.165, 1.54) is 25.7 Å². The van der Waals surface area contributed by atoms with E-state index in [4.69, 9.17) is 9.26 Å². The second kappa shape index (κ2) is 6.46. The molecule has 1 aromatic carbocycles. The molecule has 136 valence electrons. The summed E-state index contributed by atoms with van der Waals surface area (Å²) in [5.74, 6) is 1.40. The second-order valence-corrected chi connectivity index (χ2v) is 6.65. The van der Waals surface area contributed by atoms with Crippen LogP contribution in [0.4, 0.5) is 0 Å². The minimum absolute atomic E-state index is 0.386. The maximum Gasteiger partial charge on any atom is 0.258 e. The van der Waals surface area contributed by atoms with Crippen molar-refractivity contribution in [2.75, 3.05) is 7.11 Å². The summed E-state index contributed by atoms with van der Waals surface area (Å²) in [6.45, 7) is 0. The molecular weight excluding hydrogens is 344 g/mol. The number of methoxy groups -OCH3 is 1. The second-order valence-electron chi connectivity index (χ2n) is 6.65. The smallest absolute Gasteiger partial charge is 0.258 e. The molecule has 0 saturated heterocycles. The van der Waals surface area contributed by atoms with Gasteiger partial charge in [0, 0.05) is 11.8 Å². The van der Waals surface area contributed by atoms with Crippen molar-refractivity contribution in [1.29, 1.82) is 0 Å². The van der Waals surface area contributed by atoms with Gasteiger partial charge in [-0.15, -0.1) is 5.10 Å². The van der Waals surface area contributed by atoms with Gasteiger partial charge in [0.1, 0.15) is 11.3 Å². The van der Waals surface area contributed by atoms with Crippen molar-refractivity contribution in [3.63, 3.8) is 0 Å². The van der Waals surface area contributed by atoms with E-state index in [0.29, 0.717) is 29.2 Å². The third-order valence-corrected chi connectivity index (χ3v) is 5.02. The molecule has 8 heteroatoms. The molecule has 5 rings (SSSR count). The Hall–Kier alpha value is -3.29. The number of rotatable bonds is 4. The van der Waals surface area contributed by atoms with Crippen LogP contribution in [-0.2, 0) is 0 Å². The highest BCUT2D eigenvalue weighted by Gasteiger charge is 2.21. The molecule has 1 aliphatic carbocycles. The van der Waals surface area contributed by atoms with E-state index in [0.717, 1.165) is 16.6 Å². The summed E-state index contributed by atoms with van der Waals surface area (Å²) in [7, 11) is 1.59. The SMILES string of the molecule is COc1cccnc1-c1noc(-c2ccc3c(c2)nnn3C2CCCC2)n1. The molecule has 0 atom stereocenters. The molecule has 0 spiro atoms. The first-order chi connectivity index (χ1) is 13.3. The van der Waals surface area contributed by atoms with Crippen LogP contribution in [0.3, 0.4) is 0 Å². The lowest BCUT2D eigenvalue weighted by Crippen LogP contribution is -2.06. The van der Waals surface area contributed by atoms with Crippen LogP contribution in [-0.4, -0.2) is 37.2 Å². The highest BCUT2D eigenvalue weighted by Crippen LogP contribution is 2.32. The fourth-order valence-electron chi connectivity index (χ4n) is 3.65. The average Bonchev–Trinajstić information content (AvgIpc) is 3.47. The van der Waals surface area contributed by atoms with Crippen molar-refractivity contribution in [2.45, 2.75) is 31.7 Å². The lowest BCUT2D eigenvalue weighted by Gasteiger charge is -2.09. The van der Waals surface area contributed by atoms with Crippen molar-refractivity contribution in [2.24, 2.45) is 0 Å². The number of aromatic nitrogens is 6. The minimum atomic E-state index is 0.386. The van der Waals surface area contributed by atoms with Crippen molar-refractivity contribution in [3.8, 4) is 28.7 Å². The van der Waals surface area contributed by atoms with E-state index in [1.54, 1.807) is 19.4 Å². The molecular formula is C19H18N6O2. The molecule has 8 nitrogen and oxygen atoms in total. The van der Waals surface area contributed by atoms with E-state index in [9.17, 15) is 0 Å². The Morgan fingerprint density at radius 2 is 2.07 bits per heavy atom. The standard InChI is InChI=1S/C19H18N6O2/c1-26-16-7-4-10-20-17(16)18-21-19(27-23-18)12-8-9-15-14(11-12)22-24-25(15)13-5-2-3-6-13/h4,7-11,13H,2-3,5-6H2,1H3. The maximum absolute atomic E-state index is 5.45. The lowest BCUT2D eigenvalue weighted by molar-refractivity contribution is 0.411. The van der Waals surface area contributed by atoms with E-state index in [2.05, 4.69) is 25.4 Å². The summed E-state index contributed by atoms with van der Waals surface area (Å²) in [6.07, 6.45) is 6.51. The molecule has 0 amide bonds. The van der Waals surface area contributed by atoms with Gasteiger partial charge in [0.15, 0.2) is 5.69 Å². The Bertz CT molecular complexity index is 1100. The first-order valence-electron chi connectivity index (χ1n) is 9.02. The van der Waals surface area contributed by atoms with Gasteiger partial charge in [-0.3, -0.25) is 0 Å². The number of benzene rings is 1. The minimum Gasteiger partial charge on any atom is -0.494 e. The van der Waals surface area contributed by atoms with Crippen LogP contribution < -0.4 is 4.74 Å². The zero-order valence-corrected chi connectivity index (χ0v) is 14.9. The highest BCUT2D eigenvalue weighted by atomic mass is 16.5. The third kappa shape index (κ3) is 2.73. The Kier molecular flexibility index (Phi) is 3.81. The number of pyridine rings is 1. The molecule has 1 fully saturated rings. The van der Waals surface area contributed by atoms with Gasteiger partial charge in [-0.05, 0) is 43.2 Å². The molecule has 4 aromatic rings. The quantitative estimate of drug-likeness (QED) is 0.547. The van der Waals surface area contributed by atoms with Crippen molar-refractivity contribution in [1.82, 2.24) is 30.1 Å². The summed E-state index contributed by atoms with van der Waals surface area (Å²) in [6, 6.07) is 9.97. The van der Waals surface area contributed by atoms with Crippen LogP contribution in [0.15, 0.2) is 41.1 Å². The van der Waals surface area contributed by atoms with E-state index in [1.807, 2.05) is 28.9 Å².